The number of nitro groups is 1. The third-order valence-corrected chi connectivity index (χ3v) is 2.14. The van der Waals surface area contributed by atoms with Crippen LogP contribution in [0.3, 0.4) is 0 Å². The molecule has 1 aromatic rings. The lowest BCUT2D eigenvalue weighted by molar-refractivity contribution is -0.385. The molecule has 0 fully saturated rings. The lowest BCUT2D eigenvalue weighted by atomic mass is 10.1. The molecule has 0 spiro atoms. The van der Waals surface area contributed by atoms with Crippen LogP contribution in [-0.2, 0) is 4.74 Å². The Kier molecular flexibility index (Phi) is 4.90. The minimum absolute atomic E-state index is 0.0757. The van der Waals surface area contributed by atoms with Crippen LogP contribution in [-0.4, -0.2) is 32.4 Å². The molecular formula is C11H12N2O5. The summed E-state index contributed by atoms with van der Waals surface area (Å²) >= 11 is 0. The first-order valence-electron chi connectivity index (χ1n) is 5.02. The molecule has 0 aliphatic carbocycles. The van der Waals surface area contributed by atoms with Crippen LogP contribution in [0.1, 0.15) is 5.56 Å². The van der Waals surface area contributed by atoms with E-state index in [-0.39, 0.29) is 29.4 Å². The monoisotopic (exact) mass is 252 g/mol. The summed E-state index contributed by atoms with van der Waals surface area (Å²) in [6, 6.07) is 4.20. The van der Waals surface area contributed by atoms with Gasteiger partial charge in [0.2, 0.25) is 0 Å². The van der Waals surface area contributed by atoms with Gasteiger partial charge in [-0.3, -0.25) is 10.1 Å². The molecule has 0 saturated heterocycles. The Labute approximate surface area is 104 Å². The highest BCUT2D eigenvalue weighted by molar-refractivity contribution is 5.58. The van der Waals surface area contributed by atoms with E-state index in [4.69, 9.17) is 19.5 Å². The molecule has 0 amide bonds. The van der Waals surface area contributed by atoms with Crippen LogP contribution >= 0.6 is 0 Å². The minimum Gasteiger partial charge on any atom is -0.493 e. The maximum absolute atomic E-state index is 10.8. The Bertz CT molecular complexity index is 481. The first kappa shape index (κ1) is 13.7. The number of nitro benzene ring substituents is 1. The molecule has 96 valence electrons. The topological polar surface area (TPSA) is 94.6 Å². The van der Waals surface area contributed by atoms with E-state index in [1.807, 2.05) is 0 Å². The van der Waals surface area contributed by atoms with Gasteiger partial charge in [0.1, 0.15) is 18.2 Å². The van der Waals surface area contributed by atoms with Crippen molar-refractivity contribution in [2.24, 2.45) is 0 Å². The second-order valence-corrected chi connectivity index (χ2v) is 3.23. The fourth-order valence-corrected chi connectivity index (χ4v) is 1.30. The fraction of sp³-hybridized carbons (Fsp3) is 0.364. The minimum atomic E-state index is -0.639. The van der Waals surface area contributed by atoms with E-state index in [1.165, 1.54) is 26.4 Å². The molecule has 1 rings (SSSR count). The molecule has 0 bridgehead atoms. The average molecular weight is 252 g/mol. The predicted molar refractivity (Wildman–Crippen MR) is 61.7 cm³/mol. The number of rotatable bonds is 6. The molecule has 0 radical (unpaired) electrons. The van der Waals surface area contributed by atoms with E-state index in [9.17, 15) is 10.1 Å². The van der Waals surface area contributed by atoms with E-state index in [1.54, 1.807) is 6.07 Å². The van der Waals surface area contributed by atoms with Crippen molar-refractivity contribution in [1.82, 2.24) is 0 Å². The molecule has 18 heavy (non-hydrogen) atoms. The Balaban J connectivity index is 3.11. The van der Waals surface area contributed by atoms with Crippen LogP contribution < -0.4 is 9.47 Å². The molecule has 7 nitrogen and oxygen atoms in total. The smallest absolute Gasteiger partial charge is 0.291 e. The van der Waals surface area contributed by atoms with Gasteiger partial charge in [0.25, 0.3) is 5.69 Å². The molecule has 0 atom stereocenters. The van der Waals surface area contributed by atoms with Crippen LogP contribution in [0.5, 0.6) is 11.5 Å². The molecule has 0 aromatic heterocycles. The molecule has 0 heterocycles. The molecule has 0 saturated carbocycles. The van der Waals surface area contributed by atoms with Crippen LogP contribution in [0.2, 0.25) is 0 Å². The number of nitrogens with zero attached hydrogens (tertiary/aromatic N) is 2. The number of methoxy groups -OCH3 is 2. The van der Waals surface area contributed by atoms with Crippen molar-refractivity contribution in [3.63, 3.8) is 0 Å². The Morgan fingerprint density at radius 2 is 2.06 bits per heavy atom. The van der Waals surface area contributed by atoms with Gasteiger partial charge in [-0.05, 0) is 0 Å². The summed E-state index contributed by atoms with van der Waals surface area (Å²) in [5.74, 6) is 0.480. The molecule has 0 aliphatic heterocycles. The summed E-state index contributed by atoms with van der Waals surface area (Å²) in [6.45, 7) is 0.623. The van der Waals surface area contributed by atoms with Crippen LogP contribution in [0, 0.1) is 21.4 Å². The van der Waals surface area contributed by atoms with Crippen LogP contribution in [0.25, 0.3) is 0 Å². The normalized spacial score (nSPS) is 9.61. The lowest BCUT2D eigenvalue weighted by Gasteiger charge is -2.10. The van der Waals surface area contributed by atoms with Gasteiger partial charge in [0.05, 0.1) is 24.7 Å². The van der Waals surface area contributed by atoms with Crippen molar-refractivity contribution in [3.05, 3.63) is 27.8 Å². The third-order valence-electron chi connectivity index (χ3n) is 2.14. The van der Waals surface area contributed by atoms with Crippen molar-refractivity contribution < 1.29 is 19.1 Å². The highest BCUT2D eigenvalue weighted by Gasteiger charge is 2.19. The molecule has 0 aliphatic rings. The highest BCUT2D eigenvalue weighted by Crippen LogP contribution is 2.34. The van der Waals surface area contributed by atoms with E-state index in [0.717, 1.165) is 0 Å². The van der Waals surface area contributed by atoms with E-state index in [0.29, 0.717) is 6.61 Å². The van der Waals surface area contributed by atoms with Gasteiger partial charge in [-0.15, -0.1) is 0 Å². The van der Waals surface area contributed by atoms with Crippen LogP contribution in [0.4, 0.5) is 5.69 Å². The quantitative estimate of drug-likeness (QED) is 0.432. The van der Waals surface area contributed by atoms with Gasteiger partial charge in [-0.25, -0.2) is 0 Å². The Hall–Kier alpha value is -2.33. The molecule has 0 unspecified atom stereocenters. The van der Waals surface area contributed by atoms with Gasteiger partial charge in [-0.1, -0.05) is 0 Å². The number of hydrogen-bond acceptors (Lipinski definition) is 6. The van der Waals surface area contributed by atoms with E-state index >= 15 is 0 Å². The van der Waals surface area contributed by atoms with Gasteiger partial charge in [-0.2, -0.15) is 5.26 Å². The van der Waals surface area contributed by atoms with E-state index < -0.39 is 4.92 Å². The summed E-state index contributed by atoms with van der Waals surface area (Å²) in [4.78, 5) is 10.1. The van der Waals surface area contributed by atoms with Gasteiger partial charge in [0, 0.05) is 13.2 Å². The van der Waals surface area contributed by atoms with E-state index in [2.05, 4.69) is 0 Å². The Morgan fingerprint density at radius 1 is 1.33 bits per heavy atom. The standard InChI is InChI=1S/C11H12N2O5/c1-16-3-4-18-11-5-8(7-12)9(13(14)15)6-10(11)17-2/h5-6H,3-4H2,1-2H3. The first-order valence-corrected chi connectivity index (χ1v) is 5.02. The second-order valence-electron chi connectivity index (χ2n) is 3.23. The average Bonchev–Trinajstić information content (AvgIpc) is 2.38. The molecule has 7 heteroatoms. The summed E-state index contributed by atoms with van der Waals surface area (Å²) in [5, 5.41) is 19.6. The number of ether oxygens (including phenoxy) is 3. The van der Waals surface area contributed by atoms with Crippen molar-refractivity contribution in [2.75, 3.05) is 27.4 Å². The van der Waals surface area contributed by atoms with Gasteiger partial charge in [0.15, 0.2) is 11.5 Å². The zero-order valence-electron chi connectivity index (χ0n) is 10.0. The zero-order valence-corrected chi connectivity index (χ0v) is 10.0. The predicted octanol–water partition coefficient (Wildman–Crippen LogP) is 1.50. The van der Waals surface area contributed by atoms with Gasteiger partial charge >= 0.3 is 0 Å². The number of nitriles is 1. The fourth-order valence-electron chi connectivity index (χ4n) is 1.30. The highest BCUT2D eigenvalue weighted by atomic mass is 16.6. The largest absolute Gasteiger partial charge is 0.493 e. The van der Waals surface area contributed by atoms with Crippen molar-refractivity contribution in [2.45, 2.75) is 0 Å². The van der Waals surface area contributed by atoms with Crippen molar-refractivity contribution in [3.8, 4) is 17.6 Å². The van der Waals surface area contributed by atoms with Gasteiger partial charge < -0.3 is 14.2 Å². The Morgan fingerprint density at radius 3 is 2.56 bits per heavy atom. The zero-order chi connectivity index (χ0) is 13.5. The molecular weight excluding hydrogens is 240 g/mol. The lowest BCUT2D eigenvalue weighted by Crippen LogP contribution is -2.06. The third kappa shape index (κ3) is 3.09. The maximum Gasteiger partial charge on any atom is 0.291 e. The SMILES string of the molecule is COCCOc1cc(C#N)c([N+](=O)[O-])cc1OC. The second kappa shape index (κ2) is 6.42. The van der Waals surface area contributed by atoms with Crippen molar-refractivity contribution >= 4 is 5.69 Å². The summed E-state index contributed by atoms with van der Waals surface area (Å²) < 4.78 is 15.1. The molecule has 0 N–H and O–H groups in total. The summed E-state index contributed by atoms with van der Waals surface area (Å²) in [7, 11) is 2.89. The summed E-state index contributed by atoms with van der Waals surface area (Å²) in [5.41, 5.74) is -0.387. The summed E-state index contributed by atoms with van der Waals surface area (Å²) in [6.07, 6.45) is 0. The number of hydrogen-bond donors (Lipinski definition) is 0. The first-order chi connectivity index (χ1) is 8.63. The van der Waals surface area contributed by atoms with Crippen molar-refractivity contribution in [1.29, 1.82) is 5.26 Å². The molecule has 1 aromatic carbocycles. The number of benzene rings is 1. The van der Waals surface area contributed by atoms with Crippen LogP contribution in [0.15, 0.2) is 12.1 Å². The maximum atomic E-state index is 10.8.